The number of aromatic nitrogens is 1. The molecule has 6 nitrogen and oxygen atoms in total. The third-order valence-electron chi connectivity index (χ3n) is 4.67. The van der Waals surface area contributed by atoms with Crippen LogP contribution in [0.3, 0.4) is 0 Å². The molecule has 0 radical (unpaired) electrons. The maximum Gasteiger partial charge on any atom is 0.316 e. The average molecular weight is 358 g/mol. The molecule has 1 aliphatic heterocycles. The number of rotatable bonds is 3. The number of pyridine rings is 1. The lowest BCUT2D eigenvalue weighted by Gasteiger charge is -2.27. The summed E-state index contributed by atoms with van der Waals surface area (Å²) in [6.45, 7) is 0.601. The smallest absolute Gasteiger partial charge is 0.316 e. The maximum atomic E-state index is 12.7. The Morgan fingerprint density at radius 1 is 1.04 bits per heavy atom. The molecule has 0 saturated carbocycles. The number of primary amides is 1. The lowest BCUT2D eigenvalue weighted by Crippen LogP contribution is -2.33. The van der Waals surface area contributed by atoms with Gasteiger partial charge in [-0.15, -0.1) is 0 Å². The van der Waals surface area contributed by atoms with Gasteiger partial charge in [0, 0.05) is 36.1 Å². The Hall–Kier alpha value is -3.67. The fraction of sp³-hybridized carbons (Fsp3) is 0.0952. The number of nitrogens with one attached hydrogen (secondary N) is 1. The quantitative estimate of drug-likeness (QED) is 0.750. The first-order valence-corrected chi connectivity index (χ1v) is 8.64. The van der Waals surface area contributed by atoms with E-state index < -0.39 is 6.03 Å². The molecule has 1 aliphatic rings. The molecular weight excluding hydrogens is 340 g/mol. The van der Waals surface area contributed by atoms with E-state index in [1.807, 2.05) is 48.5 Å². The van der Waals surface area contributed by atoms with Crippen LogP contribution in [0.15, 0.2) is 67.0 Å². The number of carbonyl (C=O) groups is 2. The molecule has 3 amide bonds. The molecule has 0 unspecified atom stereocenters. The van der Waals surface area contributed by atoms with E-state index in [1.165, 1.54) is 0 Å². The Bertz CT molecular complexity index is 1060. The van der Waals surface area contributed by atoms with E-state index in [0.29, 0.717) is 12.2 Å². The van der Waals surface area contributed by atoms with Crippen LogP contribution in [0.25, 0.3) is 16.3 Å². The van der Waals surface area contributed by atoms with E-state index >= 15 is 0 Å². The van der Waals surface area contributed by atoms with Gasteiger partial charge in [-0.2, -0.15) is 0 Å². The maximum absolute atomic E-state index is 12.7. The Balaban J connectivity index is 1.73. The van der Waals surface area contributed by atoms with Gasteiger partial charge in [0.05, 0.1) is 5.69 Å². The predicted molar refractivity (Wildman–Crippen MR) is 106 cm³/mol. The lowest BCUT2D eigenvalue weighted by atomic mass is 9.93. The summed E-state index contributed by atoms with van der Waals surface area (Å²) in [5.74, 6) is -0.0501. The van der Waals surface area contributed by atoms with Gasteiger partial charge in [0.15, 0.2) is 0 Å². The van der Waals surface area contributed by atoms with Crippen LogP contribution in [0.5, 0.6) is 0 Å². The summed E-state index contributed by atoms with van der Waals surface area (Å²) in [4.78, 5) is 29.7. The molecule has 0 bridgehead atoms. The summed E-state index contributed by atoms with van der Waals surface area (Å²) >= 11 is 0. The van der Waals surface area contributed by atoms with Crippen molar-refractivity contribution in [2.24, 2.45) is 5.73 Å². The first-order chi connectivity index (χ1) is 13.1. The van der Waals surface area contributed by atoms with Crippen LogP contribution in [-0.4, -0.2) is 23.5 Å². The monoisotopic (exact) mass is 358 g/mol. The summed E-state index contributed by atoms with van der Waals surface area (Å²) in [5.41, 5.74) is 8.74. The topological polar surface area (TPSA) is 88.3 Å². The summed E-state index contributed by atoms with van der Waals surface area (Å²) in [5, 5.41) is 4.51. The Morgan fingerprint density at radius 3 is 2.48 bits per heavy atom. The van der Waals surface area contributed by atoms with Crippen LogP contribution in [0.2, 0.25) is 0 Å². The molecule has 3 aromatic rings. The minimum Gasteiger partial charge on any atom is -0.351 e. The molecule has 0 spiro atoms. The van der Waals surface area contributed by atoms with E-state index in [1.54, 1.807) is 23.4 Å². The molecular formula is C21H18N4O2. The molecule has 0 aliphatic carbocycles. The van der Waals surface area contributed by atoms with Crippen molar-refractivity contribution in [3.05, 3.63) is 72.6 Å². The van der Waals surface area contributed by atoms with Crippen molar-refractivity contribution in [2.75, 3.05) is 16.8 Å². The Kier molecular flexibility index (Phi) is 4.30. The lowest BCUT2D eigenvalue weighted by molar-refractivity contribution is -0.114. The fourth-order valence-electron chi connectivity index (χ4n) is 3.46. The van der Waals surface area contributed by atoms with Crippen molar-refractivity contribution in [1.29, 1.82) is 0 Å². The van der Waals surface area contributed by atoms with Gasteiger partial charge in [-0.25, -0.2) is 4.79 Å². The first kappa shape index (κ1) is 16.8. The number of hydrogen-bond donors (Lipinski definition) is 2. The van der Waals surface area contributed by atoms with E-state index in [9.17, 15) is 9.59 Å². The Labute approximate surface area is 156 Å². The Morgan fingerprint density at radius 2 is 1.78 bits per heavy atom. The zero-order valence-corrected chi connectivity index (χ0v) is 14.6. The van der Waals surface area contributed by atoms with E-state index in [2.05, 4.69) is 10.3 Å². The molecule has 3 N–H and O–H groups in total. The summed E-state index contributed by atoms with van der Waals surface area (Å²) in [6, 6.07) is 14.6. The second-order valence-electron chi connectivity index (χ2n) is 6.31. The summed E-state index contributed by atoms with van der Waals surface area (Å²) in [6.07, 6.45) is 5.78. The fourth-order valence-corrected chi connectivity index (χ4v) is 3.46. The SMILES string of the molecule is NC(=O)Nc1ccc(C2=CC(=O)N(c3ccncc3)CC2)c2ccccc12. The van der Waals surface area contributed by atoms with Crippen molar-refractivity contribution < 1.29 is 9.59 Å². The van der Waals surface area contributed by atoms with Crippen LogP contribution in [-0.2, 0) is 4.79 Å². The molecule has 134 valence electrons. The molecule has 0 atom stereocenters. The highest BCUT2D eigenvalue weighted by Gasteiger charge is 2.22. The number of nitrogens with zero attached hydrogens (tertiary/aromatic N) is 2. The second-order valence-corrected chi connectivity index (χ2v) is 6.31. The van der Waals surface area contributed by atoms with E-state index in [0.717, 1.165) is 34.0 Å². The number of anilines is 2. The van der Waals surface area contributed by atoms with Gasteiger partial charge in [-0.3, -0.25) is 9.78 Å². The predicted octanol–water partition coefficient (Wildman–Crippen LogP) is 3.55. The highest BCUT2D eigenvalue weighted by molar-refractivity contribution is 6.11. The van der Waals surface area contributed by atoms with Crippen molar-refractivity contribution in [2.45, 2.75) is 6.42 Å². The van der Waals surface area contributed by atoms with Crippen LogP contribution >= 0.6 is 0 Å². The van der Waals surface area contributed by atoms with Gasteiger partial charge >= 0.3 is 6.03 Å². The number of benzene rings is 2. The normalized spacial score (nSPS) is 14.1. The average Bonchev–Trinajstić information content (AvgIpc) is 2.68. The van der Waals surface area contributed by atoms with Crippen molar-refractivity contribution in [3.8, 4) is 0 Å². The van der Waals surface area contributed by atoms with Gasteiger partial charge in [0.25, 0.3) is 5.91 Å². The van der Waals surface area contributed by atoms with Crippen LogP contribution < -0.4 is 16.0 Å². The van der Waals surface area contributed by atoms with Crippen molar-refractivity contribution >= 4 is 39.7 Å². The van der Waals surface area contributed by atoms with Gasteiger partial charge in [-0.1, -0.05) is 30.3 Å². The van der Waals surface area contributed by atoms with Gasteiger partial charge < -0.3 is 16.0 Å². The highest BCUT2D eigenvalue weighted by Crippen LogP contribution is 2.34. The van der Waals surface area contributed by atoms with Gasteiger partial charge in [0.1, 0.15) is 0 Å². The molecule has 1 aromatic heterocycles. The molecule has 2 aromatic carbocycles. The minimum absolute atomic E-state index is 0.0501. The van der Waals surface area contributed by atoms with Crippen molar-refractivity contribution in [1.82, 2.24) is 4.98 Å². The first-order valence-electron chi connectivity index (χ1n) is 8.64. The zero-order valence-electron chi connectivity index (χ0n) is 14.6. The molecule has 6 heteroatoms. The summed E-state index contributed by atoms with van der Waals surface area (Å²) in [7, 11) is 0. The molecule has 27 heavy (non-hydrogen) atoms. The van der Waals surface area contributed by atoms with Crippen LogP contribution in [0.4, 0.5) is 16.2 Å². The van der Waals surface area contributed by atoms with Crippen LogP contribution in [0.1, 0.15) is 12.0 Å². The number of nitrogens with two attached hydrogens (primary N) is 1. The van der Waals surface area contributed by atoms with E-state index in [-0.39, 0.29) is 5.91 Å². The van der Waals surface area contributed by atoms with Crippen molar-refractivity contribution in [3.63, 3.8) is 0 Å². The minimum atomic E-state index is -0.604. The molecule has 0 saturated heterocycles. The second kappa shape index (κ2) is 6.92. The molecule has 4 rings (SSSR count). The number of fused-ring (bicyclic) bond motifs is 1. The molecule has 2 heterocycles. The number of hydrogen-bond acceptors (Lipinski definition) is 3. The van der Waals surface area contributed by atoms with Gasteiger partial charge in [0.2, 0.25) is 0 Å². The standard InChI is InChI=1S/C21H18N4O2/c22-21(27)24-19-6-5-16(17-3-1-2-4-18(17)19)14-9-12-25(20(26)13-14)15-7-10-23-11-8-15/h1-8,10-11,13H,9,12H2,(H3,22,24,27). The number of carbonyl (C=O) groups excluding carboxylic acids is 2. The van der Waals surface area contributed by atoms with Crippen LogP contribution in [0, 0.1) is 0 Å². The third kappa shape index (κ3) is 3.25. The summed E-state index contributed by atoms with van der Waals surface area (Å²) < 4.78 is 0. The molecule has 0 fully saturated rings. The zero-order chi connectivity index (χ0) is 18.8. The highest BCUT2D eigenvalue weighted by atomic mass is 16.2. The number of urea groups is 1. The largest absolute Gasteiger partial charge is 0.351 e. The van der Waals surface area contributed by atoms with Gasteiger partial charge in [-0.05, 0) is 41.1 Å². The van der Waals surface area contributed by atoms with E-state index in [4.69, 9.17) is 5.73 Å². The third-order valence-corrected chi connectivity index (χ3v) is 4.67. The number of amides is 3.